The van der Waals surface area contributed by atoms with Crippen LogP contribution >= 0.6 is 0 Å². The summed E-state index contributed by atoms with van der Waals surface area (Å²) in [5.41, 5.74) is 8.22. The maximum Gasteiger partial charge on any atom is 0.287 e. The van der Waals surface area contributed by atoms with Crippen molar-refractivity contribution >= 4 is 45.6 Å². The van der Waals surface area contributed by atoms with Crippen molar-refractivity contribution in [1.82, 2.24) is 30.3 Å². The number of fused-ring (bicyclic) bond motifs is 2. The van der Waals surface area contributed by atoms with Gasteiger partial charge < -0.3 is 15.3 Å². The molecule has 0 saturated carbocycles. The number of aromatic amines is 2. The van der Waals surface area contributed by atoms with E-state index in [4.69, 9.17) is 0 Å². The highest BCUT2D eigenvalue weighted by Crippen LogP contribution is 2.23. The van der Waals surface area contributed by atoms with Crippen molar-refractivity contribution < 1.29 is 4.79 Å². The van der Waals surface area contributed by atoms with Crippen molar-refractivity contribution in [2.24, 2.45) is 5.10 Å². The van der Waals surface area contributed by atoms with Gasteiger partial charge in [-0.1, -0.05) is 18.2 Å². The van der Waals surface area contributed by atoms with Gasteiger partial charge in [-0.05, 0) is 48.5 Å². The molecule has 0 aliphatic carbocycles. The first-order valence-electron chi connectivity index (χ1n) is 11.3. The van der Waals surface area contributed by atoms with E-state index in [0.717, 1.165) is 44.3 Å². The van der Waals surface area contributed by atoms with Gasteiger partial charge in [0, 0.05) is 63.4 Å². The van der Waals surface area contributed by atoms with E-state index < -0.39 is 0 Å². The maximum atomic E-state index is 12.6. The van der Waals surface area contributed by atoms with Crippen LogP contribution in [0.3, 0.4) is 0 Å². The van der Waals surface area contributed by atoms with E-state index in [1.807, 2.05) is 66.9 Å². The summed E-state index contributed by atoms with van der Waals surface area (Å²) in [5, 5.41) is 9.25. The summed E-state index contributed by atoms with van der Waals surface area (Å²) in [6.07, 6.45) is 8.66. The zero-order chi connectivity index (χ0) is 24.3. The highest BCUT2D eigenvalue weighted by Gasteiger charge is 2.10. The minimum Gasteiger partial charge on any atom is -0.361 e. The first-order chi connectivity index (χ1) is 17.7. The van der Waals surface area contributed by atoms with Crippen molar-refractivity contribution in [3.63, 3.8) is 0 Å². The molecule has 0 bridgehead atoms. The van der Waals surface area contributed by atoms with Crippen LogP contribution in [0.25, 0.3) is 33.1 Å². The molecule has 0 unspecified atom stereocenters. The van der Waals surface area contributed by atoms with Gasteiger partial charge in [0.2, 0.25) is 5.95 Å². The molecule has 0 aliphatic heterocycles. The molecule has 0 saturated heterocycles. The van der Waals surface area contributed by atoms with Crippen molar-refractivity contribution in [1.29, 1.82) is 0 Å². The number of carbonyl (C=O) groups excluding carboxylic acids is 1. The van der Waals surface area contributed by atoms with E-state index >= 15 is 0 Å². The van der Waals surface area contributed by atoms with Crippen LogP contribution in [0, 0.1) is 0 Å². The highest BCUT2D eigenvalue weighted by atomic mass is 16.2. The number of hydrazone groups is 1. The Kier molecular flexibility index (Phi) is 5.40. The van der Waals surface area contributed by atoms with Crippen molar-refractivity contribution in [3.8, 4) is 11.3 Å². The second-order valence-electron chi connectivity index (χ2n) is 8.11. The molecular formula is C27H20N8O. The standard InChI is InChI=1S/C27H20N8O/c36-26(35-31-16-19-15-30-24-6-2-1-5-21(19)24)25-13-18-12-20(7-8-22(18)33-25)32-27-29-11-9-23(34-27)17-4-3-10-28-14-17/h1-16,30,33H,(H,35,36)(H,29,32,34)/b31-16+. The predicted molar refractivity (Wildman–Crippen MR) is 140 cm³/mol. The smallest absolute Gasteiger partial charge is 0.287 e. The molecule has 4 aromatic heterocycles. The Morgan fingerprint density at radius 3 is 2.83 bits per heavy atom. The number of nitrogens with zero attached hydrogens (tertiary/aromatic N) is 4. The van der Waals surface area contributed by atoms with E-state index in [2.05, 4.69) is 40.8 Å². The summed E-state index contributed by atoms with van der Waals surface area (Å²) >= 11 is 0. The molecule has 0 radical (unpaired) electrons. The summed E-state index contributed by atoms with van der Waals surface area (Å²) in [7, 11) is 0. The van der Waals surface area contributed by atoms with E-state index in [1.165, 1.54) is 0 Å². The molecule has 4 N–H and O–H groups in total. The summed E-state index contributed by atoms with van der Waals surface area (Å²) in [5.74, 6) is 0.139. The first kappa shape index (κ1) is 21.2. The lowest BCUT2D eigenvalue weighted by molar-refractivity contribution is 0.0951. The summed E-state index contributed by atoms with van der Waals surface area (Å²) in [4.78, 5) is 32.0. The topological polar surface area (TPSA) is 124 Å². The molecule has 0 aliphatic rings. The Hall–Kier alpha value is -5.31. The molecule has 0 fully saturated rings. The average molecular weight is 473 g/mol. The Morgan fingerprint density at radius 1 is 0.972 bits per heavy atom. The zero-order valence-corrected chi connectivity index (χ0v) is 18.9. The third kappa shape index (κ3) is 4.28. The van der Waals surface area contributed by atoms with Gasteiger partial charge >= 0.3 is 0 Å². The van der Waals surface area contributed by atoms with Crippen LogP contribution in [0.4, 0.5) is 11.6 Å². The normalized spacial score (nSPS) is 11.3. The number of anilines is 2. The monoisotopic (exact) mass is 472 g/mol. The molecule has 0 spiro atoms. The van der Waals surface area contributed by atoms with Crippen LogP contribution in [0.15, 0.2) is 96.6 Å². The first-order valence-corrected chi connectivity index (χ1v) is 11.3. The van der Waals surface area contributed by atoms with Crippen molar-refractivity contribution in [2.75, 3.05) is 5.32 Å². The molecule has 4 heterocycles. The molecule has 36 heavy (non-hydrogen) atoms. The molecule has 9 nitrogen and oxygen atoms in total. The minimum absolute atomic E-state index is 0.329. The molecule has 6 rings (SSSR count). The number of rotatable bonds is 6. The summed E-state index contributed by atoms with van der Waals surface area (Å²) < 4.78 is 0. The highest BCUT2D eigenvalue weighted by molar-refractivity contribution is 6.01. The Morgan fingerprint density at radius 2 is 1.92 bits per heavy atom. The molecule has 1 amide bonds. The van der Waals surface area contributed by atoms with Crippen molar-refractivity contribution in [2.45, 2.75) is 0 Å². The number of H-pyrrole nitrogens is 2. The van der Waals surface area contributed by atoms with E-state index in [-0.39, 0.29) is 5.91 Å². The van der Waals surface area contributed by atoms with Gasteiger partial charge in [0.25, 0.3) is 5.91 Å². The second-order valence-corrected chi connectivity index (χ2v) is 8.11. The molecule has 6 aromatic rings. The van der Waals surface area contributed by atoms with Gasteiger partial charge in [0.15, 0.2) is 0 Å². The van der Waals surface area contributed by atoms with Crippen molar-refractivity contribution in [3.05, 3.63) is 103 Å². The van der Waals surface area contributed by atoms with Gasteiger partial charge in [-0.3, -0.25) is 9.78 Å². The van der Waals surface area contributed by atoms with Crippen LogP contribution < -0.4 is 10.7 Å². The number of para-hydroxylation sites is 1. The van der Waals surface area contributed by atoms with Crippen LogP contribution in [0.1, 0.15) is 16.1 Å². The number of pyridine rings is 1. The number of hydrogen-bond acceptors (Lipinski definition) is 6. The lowest BCUT2D eigenvalue weighted by atomic mass is 10.2. The molecule has 9 heteroatoms. The van der Waals surface area contributed by atoms with E-state index in [9.17, 15) is 4.79 Å². The largest absolute Gasteiger partial charge is 0.361 e. The second kappa shape index (κ2) is 9.15. The summed E-state index contributed by atoms with van der Waals surface area (Å²) in [6.45, 7) is 0. The number of aromatic nitrogens is 5. The fraction of sp³-hybridized carbons (Fsp3) is 0. The maximum absolute atomic E-state index is 12.6. The Bertz CT molecular complexity index is 1720. The fourth-order valence-electron chi connectivity index (χ4n) is 3.98. The van der Waals surface area contributed by atoms with Gasteiger partial charge in [-0.2, -0.15) is 5.10 Å². The number of benzene rings is 2. The lowest BCUT2D eigenvalue weighted by Crippen LogP contribution is -2.17. The predicted octanol–water partition coefficient (Wildman–Crippen LogP) is 5.01. The molecule has 0 atom stereocenters. The van der Waals surface area contributed by atoms with E-state index in [1.54, 1.807) is 30.9 Å². The summed E-state index contributed by atoms with van der Waals surface area (Å²) in [6, 6.07) is 21.1. The van der Waals surface area contributed by atoms with Gasteiger partial charge in [0.1, 0.15) is 5.69 Å². The molecule has 2 aromatic carbocycles. The van der Waals surface area contributed by atoms with Gasteiger partial charge in [0.05, 0.1) is 11.9 Å². The SMILES string of the molecule is O=C(N/N=C/c1c[nH]c2ccccc12)c1cc2cc(Nc3nccc(-c4cccnc4)n3)ccc2[nH]1. The number of carbonyl (C=O) groups is 1. The number of nitrogens with one attached hydrogen (secondary N) is 4. The van der Waals surface area contributed by atoms with Gasteiger partial charge in [-0.15, -0.1) is 0 Å². The van der Waals surface area contributed by atoms with Gasteiger partial charge in [-0.25, -0.2) is 15.4 Å². The van der Waals surface area contributed by atoms with Crippen LogP contribution in [0.2, 0.25) is 0 Å². The molecule has 174 valence electrons. The fourth-order valence-corrected chi connectivity index (χ4v) is 3.98. The number of amides is 1. The van der Waals surface area contributed by atoms with Crippen LogP contribution in [0.5, 0.6) is 0 Å². The minimum atomic E-state index is -0.329. The quantitative estimate of drug-likeness (QED) is 0.200. The van der Waals surface area contributed by atoms with Crippen LogP contribution in [-0.4, -0.2) is 37.0 Å². The van der Waals surface area contributed by atoms with Crippen LogP contribution in [-0.2, 0) is 0 Å². The third-order valence-electron chi connectivity index (χ3n) is 5.73. The average Bonchev–Trinajstić information content (AvgIpc) is 3.53. The Labute approximate surface area is 205 Å². The zero-order valence-electron chi connectivity index (χ0n) is 18.9. The molecular weight excluding hydrogens is 452 g/mol. The number of hydrogen-bond donors (Lipinski definition) is 4. The Balaban J connectivity index is 1.17. The lowest BCUT2D eigenvalue weighted by Gasteiger charge is -2.06. The third-order valence-corrected chi connectivity index (χ3v) is 5.73. The van der Waals surface area contributed by atoms with E-state index in [0.29, 0.717) is 11.6 Å².